The van der Waals surface area contributed by atoms with E-state index in [1.54, 1.807) is 6.92 Å². The summed E-state index contributed by atoms with van der Waals surface area (Å²) < 4.78 is 0. The molecule has 1 aromatic rings. The molecule has 1 unspecified atom stereocenters. The molecule has 0 bridgehead atoms. The van der Waals surface area contributed by atoms with Crippen molar-refractivity contribution in [3.05, 3.63) is 29.8 Å². The second-order valence-electron chi connectivity index (χ2n) is 4.13. The summed E-state index contributed by atoms with van der Waals surface area (Å²) in [6.07, 6.45) is 0. The maximum Gasteiger partial charge on any atom is 0.319 e. The van der Waals surface area contributed by atoms with Gasteiger partial charge in [-0.3, -0.25) is 0 Å². The van der Waals surface area contributed by atoms with Crippen LogP contribution in [0, 0.1) is 12.8 Å². The van der Waals surface area contributed by atoms with Gasteiger partial charge in [0.2, 0.25) is 0 Å². The highest BCUT2D eigenvalue weighted by atomic mass is 16.4. The molecule has 98 valence electrons. The Morgan fingerprint density at radius 2 is 2.06 bits per heavy atom. The van der Waals surface area contributed by atoms with Crippen LogP contribution in [0.4, 0.5) is 10.5 Å². The number of urea groups is 1. The number of hydrogen-bond donors (Lipinski definition) is 4. The maximum absolute atomic E-state index is 11.5. The average Bonchev–Trinajstić information content (AvgIpc) is 2.37. The lowest BCUT2D eigenvalue weighted by Gasteiger charge is -2.12. The molecule has 0 saturated heterocycles. The minimum absolute atomic E-state index is 0.0886. The second kappa shape index (κ2) is 6.48. The number of anilines is 1. The van der Waals surface area contributed by atoms with Gasteiger partial charge < -0.3 is 21.6 Å². The van der Waals surface area contributed by atoms with Gasteiger partial charge in [-0.05, 0) is 19.1 Å². The molecule has 2 amide bonds. The lowest BCUT2D eigenvalue weighted by molar-refractivity contribution is 0.251. The fourth-order valence-electron chi connectivity index (χ4n) is 1.26. The number of nitrogens with one attached hydrogen (secondary N) is 2. The molecule has 0 radical (unpaired) electrons. The number of carbonyl (C=O) groups is 1. The van der Waals surface area contributed by atoms with Crippen LogP contribution in [0.15, 0.2) is 29.4 Å². The zero-order valence-electron chi connectivity index (χ0n) is 10.5. The number of benzene rings is 1. The summed E-state index contributed by atoms with van der Waals surface area (Å²) in [5, 5.41) is 16.7. The number of rotatable bonds is 4. The number of hydrogen-bond acceptors (Lipinski definition) is 3. The first-order valence-corrected chi connectivity index (χ1v) is 5.62. The summed E-state index contributed by atoms with van der Waals surface area (Å²) in [4.78, 5) is 11.5. The van der Waals surface area contributed by atoms with Crippen molar-refractivity contribution in [3.8, 4) is 0 Å². The molecule has 0 heterocycles. The molecule has 0 aromatic heterocycles. The Morgan fingerprint density at radius 1 is 1.44 bits per heavy atom. The van der Waals surface area contributed by atoms with Crippen LogP contribution >= 0.6 is 0 Å². The van der Waals surface area contributed by atoms with Gasteiger partial charge in [0.1, 0.15) is 5.84 Å². The SMILES string of the molecule is Cc1ccc(NC(=O)NCC(C)C(N)=NO)cc1. The van der Waals surface area contributed by atoms with E-state index < -0.39 is 0 Å². The van der Waals surface area contributed by atoms with Gasteiger partial charge in [0.05, 0.1) is 0 Å². The highest BCUT2D eigenvalue weighted by molar-refractivity contribution is 5.90. The third kappa shape index (κ3) is 4.32. The molecule has 1 rings (SSSR count). The van der Waals surface area contributed by atoms with E-state index in [9.17, 15) is 4.79 Å². The summed E-state index contributed by atoms with van der Waals surface area (Å²) in [6, 6.07) is 7.14. The first-order chi connectivity index (χ1) is 8.52. The van der Waals surface area contributed by atoms with Crippen LogP contribution in [0.1, 0.15) is 12.5 Å². The third-order valence-corrected chi connectivity index (χ3v) is 2.50. The number of aryl methyl sites for hydroxylation is 1. The van der Waals surface area contributed by atoms with Crippen molar-refractivity contribution in [2.75, 3.05) is 11.9 Å². The Morgan fingerprint density at radius 3 is 2.61 bits per heavy atom. The smallest absolute Gasteiger partial charge is 0.319 e. The Bertz CT molecular complexity index is 428. The van der Waals surface area contributed by atoms with Crippen molar-refractivity contribution < 1.29 is 10.0 Å². The van der Waals surface area contributed by atoms with Crippen molar-refractivity contribution in [2.24, 2.45) is 16.8 Å². The number of carbonyl (C=O) groups excluding carboxylic acids is 1. The first kappa shape index (κ1) is 13.8. The topological polar surface area (TPSA) is 99.7 Å². The number of oxime groups is 1. The van der Waals surface area contributed by atoms with E-state index in [-0.39, 0.29) is 17.8 Å². The largest absolute Gasteiger partial charge is 0.409 e. The van der Waals surface area contributed by atoms with Crippen LogP contribution in [-0.4, -0.2) is 23.6 Å². The van der Waals surface area contributed by atoms with Gasteiger partial charge in [-0.1, -0.05) is 29.8 Å². The minimum Gasteiger partial charge on any atom is -0.409 e. The predicted octanol–water partition coefficient (Wildman–Crippen LogP) is 1.50. The fraction of sp³-hybridized carbons (Fsp3) is 0.333. The molecule has 0 aliphatic heterocycles. The summed E-state index contributed by atoms with van der Waals surface area (Å²) in [7, 11) is 0. The van der Waals surface area contributed by atoms with Crippen LogP contribution in [0.5, 0.6) is 0 Å². The average molecular weight is 250 g/mol. The summed E-state index contributed by atoms with van der Waals surface area (Å²) in [5.41, 5.74) is 7.24. The van der Waals surface area contributed by atoms with E-state index in [0.29, 0.717) is 6.54 Å². The summed E-state index contributed by atoms with van der Waals surface area (Å²) >= 11 is 0. The van der Waals surface area contributed by atoms with Crippen LogP contribution in [-0.2, 0) is 0 Å². The van der Waals surface area contributed by atoms with Gasteiger partial charge in [0, 0.05) is 18.2 Å². The highest BCUT2D eigenvalue weighted by Crippen LogP contribution is 2.08. The van der Waals surface area contributed by atoms with E-state index in [2.05, 4.69) is 15.8 Å². The zero-order chi connectivity index (χ0) is 13.5. The van der Waals surface area contributed by atoms with Crippen LogP contribution in [0.25, 0.3) is 0 Å². The van der Waals surface area contributed by atoms with E-state index in [4.69, 9.17) is 10.9 Å². The van der Waals surface area contributed by atoms with Gasteiger partial charge in [-0.2, -0.15) is 0 Å². The van der Waals surface area contributed by atoms with Crippen molar-refractivity contribution in [3.63, 3.8) is 0 Å². The summed E-state index contributed by atoms with van der Waals surface area (Å²) in [6.45, 7) is 4.03. The molecule has 1 atom stereocenters. The van der Waals surface area contributed by atoms with E-state index in [1.165, 1.54) is 0 Å². The van der Waals surface area contributed by atoms with E-state index in [1.807, 2.05) is 31.2 Å². The molecular formula is C12H18N4O2. The molecule has 6 nitrogen and oxygen atoms in total. The number of nitrogens with two attached hydrogens (primary N) is 1. The number of amidine groups is 1. The molecule has 0 aliphatic rings. The van der Waals surface area contributed by atoms with Crippen LogP contribution < -0.4 is 16.4 Å². The molecule has 0 spiro atoms. The fourth-order valence-corrected chi connectivity index (χ4v) is 1.26. The minimum atomic E-state index is -0.323. The van der Waals surface area contributed by atoms with Gasteiger partial charge in [0.15, 0.2) is 0 Å². The van der Waals surface area contributed by atoms with Crippen LogP contribution in [0.3, 0.4) is 0 Å². The molecule has 0 fully saturated rings. The van der Waals surface area contributed by atoms with Gasteiger partial charge >= 0.3 is 6.03 Å². The van der Waals surface area contributed by atoms with Crippen molar-refractivity contribution >= 4 is 17.6 Å². The van der Waals surface area contributed by atoms with E-state index in [0.717, 1.165) is 11.3 Å². The van der Waals surface area contributed by atoms with Gasteiger partial charge in [-0.25, -0.2) is 4.79 Å². The predicted molar refractivity (Wildman–Crippen MR) is 70.8 cm³/mol. The normalized spacial score (nSPS) is 12.9. The third-order valence-electron chi connectivity index (χ3n) is 2.50. The van der Waals surface area contributed by atoms with E-state index >= 15 is 0 Å². The molecule has 0 aliphatic carbocycles. The molecule has 0 saturated carbocycles. The molecular weight excluding hydrogens is 232 g/mol. The molecule has 5 N–H and O–H groups in total. The Labute approximate surface area is 106 Å². The van der Waals surface area contributed by atoms with Crippen molar-refractivity contribution in [1.29, 1.82) is 0 Å². The number of nitrogens with zero attached hydrogens (tertiary/aromatic N) is 1. The first-order valence-electron chi connectivity index (χ1n) is 5.62. The Kier molecular flexibility index (Phi) is 4.98. The lowest BCUT2D eigenvalue weighted by atomic mass is 10.1. The molecule has 1 aromatic carbocycles. The highest BCUT2D eigenvalue weighted by Gasteiger charge is 2.09. The monoisotopic (exact) mass is 250 g/mol. The number of amides is 2. The zero-order valence-corrected chi connectivity index (χ0v) is 10.5. The standard InChI is InChI=1S/C12H18N4O2/c1-8-3-5-10(6-4-8)15-12(17)14-7-9(2)11(13)16-18/h3-6,9,18H,7H2,1-2H3,(H2,13,16)(H2,14,15,17). The van der Waals surface area contributed by atoms with Crippen LogP contribution in [0.2, 0.25) is 0 Å². The van der Waals surface area contributed by atoms with Crippen molar-refractivity contribution in [1.82, 2.24) is 5.32 Å². The quantitative estimate of drug-likeness (QED) is 0.282. The Balaban J connectivity index is 2.40. The van der Waals surface area contributed by atoms with Crippen molar-refractivity contribution in [2.45, 2.75) is 13.8 Å². The maximum atomic E-state index is 11.5. The molecule has 18 heavy (non-hydrogen) atoms. The molecule has 6 heteroatoms. The summed E-state index contributed by atoms with van der Waals surface area (Å²) in [5.74, 6) is -0.135. The van der Waals surface area contributed by atoms with Gasteiger partial charge in [-0.15, -0.1) is 0 Å². The van der Waals surface area contributed by atoms with Gasteiger partial charge in [0.25, 0.3) is 0 Å². The second-order valence-corrected chi connectivity index (χ2v) is 4.13. The lowest BCUT2D eigenvalue weighted by Crippen LogP contribution is -2.36. The Hall–Kier alpha value is -2.24.